The van der Waals surface area contributed by atoms with Crippen molar-refractivity contribution in [1.29, 1.82) is 0 Å². The zero-order valence-electron chi connectivity index (χ0n) is 52.7. The quantitative estimate of drug-likeness (QED) is 0.0261. The predicted octanol–water partition coefficient (Wildman–Crippen LogP) is 23.0. The molecular formula is C76H120O6. The van der Waals surface area contributed by atoms with E-state index < -0.39 is 6.10 Å². The van der Waals surface area contributed by atoms with E-state index in [1.54, 1.807) is 0 Å². The molecular weight excluding hydrogens is 1010 g/mol. The topological polar surface area (TPSA) is 78.9 Å². The summed E-state index contributed by atoms with van der Waals surface area (Å²) in [7, 11) is 0. The second-order valence-corrected chi connectivity index (χ2v) is 21.3. The highest BCUT2D eigenvalue weighted by atomic mass is 16.6. The highest BCUT2D eigenvalue weighted by Gasteiger charge is 2.19. The molecule has 1 atom stereocenters. The Morgan fingerprint density at radius 2 is 0.476 bits per heavy atom. The molecule has 6 heteroatoms. The van der Waals surface area contributed by atoms with E-state index in [-0.39, 0.29) is 31.1 Å². The van der Waals surface area contributed by atoms with Crippen LogP contribution < -0.4 is 0 Å². The van der Waals surface area contributed by atoms with E-state index in [1.807, 2.05) is 0 Å². The van der Waals surface area contributed by atoms with Crippen LogP contribution in [-0.2, 0) is 28.6 Å². The standard InChI is InChI=1S/C76H120O6/c1-4-7-10-13-16-19-22-25-28-31-33-35-37-38-40-41-43-45-48-51-54-57-60-63-66-69-75(78)81-72-73(71-80-74(77)68-65-62-59-56-53-50-47-30-27-24-21-18-15-12-9-6-3)82-76(79)70-67-64-61-58-55-52-49-46-44-42-39-36-34-32-29-26-23-20-17-14-11-8-5-2/h7-8,10-11,16-17,19-21,24-26,28-30,33-36,38,40,42-45,47,51,54,73H,4-6,9,12-15,18,22-23,27,31-32,37,39,41,46,48-50,52-53,55-72H2,1-3H3/b10-7-,11-8-,19-16-,20-17-,24-21-,28-25-,29-26-,35-33-,36-34-,40-38-,44-42-,45-43-,47-30-,54-51-. The molecule has 82 heavy (non-hydrogen) atoms. The van der Waals surface area contributed by atoms with Gasteiger partial charge in [0.15, 0.2) is 6.10 Å². The molecule has 0 fully saturated rings. The van der Waals surface area contributed by atoms with E-state index in [4.69, 9.17) is 14.2 Å². The molecule has 0 radical (unpaired) electrons. The van der Waals surface area contributed by atoms with Crippen LogP contribution in [0, 0.1) is 0 Å². The van der Waals surface area contributed by atoms with E-state index in [0.29, 0.717) is 19.3 Å². The summed E-state index contributed by atoms with van der Waals surface area (Å²) in [6, 6.07) is 0. The minimum atomic E-state index is -0.816. The summed E-state index contributed by atoms with van der Waals surface area (Å²) in [5, 5.41) is 0. The number of hydrogen-bond donors (Lipinski definition) is 0. The average molecular weight is 1130 g/mol. The monoisotopic (exact) mass is 1130 g/mol. The Bertz CT molecular complexity index is 1870. The maximum atomic E-state index is 12.9. The van der Waals surface area contributed by atoms with Crippen molar-refractivity contribution in [2.45, 2.75) is 277 Å². The van der Waals surface area contributed by atoms with Crippen molar-refractivity contribution in [3.8, 4) is 0 Å². The number of carbonyl (C=O) groups is 3. The Morgan fingerprint density at radius 3 is 0.756 bits per heavy atom. The van der Waals surface area contributed by atoms with Crippen molar-refractivity contribution < 1.29 is 28.6 Å². The smallest absolute Gasteiger partial charge is 0.306 e. The van der Waals surface area contributed by atoms with Gasteiger partial charge in [-0.15, -0.1) is 0 Å². The van der Waals surface area contributed by atoms with Gasteiger partial charge in [-0.05, 0) is 154 Å². The maximum absolute atomic E-state index is 12.9. The van der Waals surface area contributed by atoms with E-state index in [1.165, 1.54) is 51.4 Å². The van der Waals surface area contributed by atoms with Gasteiger partial charge in [-0.25, -0.2) is 0 Å². The average Bonchev–Trinajstić information content (AvgIpc) is 3.47. The summed E-state index contributed by atoms with van der Waals surface area (Å²) in [5.74, 6) is -0.968. The number of allylic oxidation sites excluding steroid dienone is 28. The lowest BCUT2D eigenvalue weighted by Crippen LogP contribution is -2.30. The molecule has 1 unspecified atom stereocenters. The largest absolute Gasteiger partial charge is 0.462 e. The van der Waals surface area contributed by atoms with E-state index in [0.717, 1.165) is 180 Å². The SMILES string of the molecule is CC/C=C\C/C=C\C/C=C\C/C=C\C/C=C\C/C=C\C/C=C\CCCCCC(=O)OCC(COC(=O)CCCCCCC/C=C\C/C=C\CCCCCC)OC(=O)CCCCCCCCC/C=C\C/C=C\C/C=C\C/C=C\C/C=C\CC. The van der Waals surface area contributed by atoms with Gasteiger partial charge in [0.25, 0.3) is 0 Å². The molecule has 0 saturated heterocycles. The van der Waals surface area contributed by atoms with Gasteiger partial charge in [-0.3, -0.25) is 14.4 Å². The lowest BCUT2D eigenvalue weighted by molar-refractivity contribution is -0.167. The number of rotatable bonds is 58. The number of ether oxygens (including phenoxy) is 3. The molecule has 0 aliphatic rings. The lowest BCUT2D eigenvalue weighted by Gasteiger charge is -2.18. The van der Waals surface area contributed by atoms with E-state index in [2.05, 4.69) is 191 Å². The van der Waals surface area contributed by atoms with Crippen molar-refractivity contribution in [3.63, 3.8) is 0 Å². The van der Waals surface area contributed by atoms with Crippen LogP contribution in [0.2, 0.25) is 0 Å². The van der Waals surface area contributed by atoms with Crippen LogP contribution in [-0.4, -0.2) is 37.2 Å². The van der Waals surface area contributed by atoms with Crippen molar-refractivity contribution >= 4 is 17.9 Å². The first-order chi connectivity index (χ1) is 40.5. The van der Waals surface area contributed by atoms with Crippen molar-refractivity contribution in [2.24, 2.45) is 0 Å². The molecule has 6 nitrogen and oxygen atoms in total. The molecule has 0 aromatic carbocycles. The summed E-state index contributed by atoms with van der Waals surface area (Å²) >= 11 is 0. The number of carbonyl (C=O) groups excluding carboxylic acids is 3. The number of unbranched alkanes of at least 4 members (excludes halogenated alkanes) is 19. The molecule has 0 amide bonds. The maximum Gasteiger partial charge on any atom is 0.306 e. The van der Waals surface area contributed by atoms with Gasteiger partial charge in [0.05, 0.1) is 0 Å². The highest BCUT2D eigenvalue weighted by Crippen LogP contribution is 2.14. The summed E-state index contributed by atoms with van der Waals surface area (Å²) < 4.78 is 16.9. The van der Waals surface area contributed by atoms with Crippen LogP contribution >= 0.6 is 0 Å². The van der Waals surface area contributed by atoms with Crippen molar-refractivity contribution in [3.05, 3.63) is 170 Å². The Kier molecular flexibility index (Phi) is 63.9. The first kappa shape index (κ1) is 76.8. The molecule has 0 saturated carbocycles. The van der Waals surface area contributed by atoms with Crippen LogP contribution in [0.4, 0.5) is 0 Å². The predicted molar refractivity (Wildman–Crippen MR) is 357 cm³/mol. The van der Waals surface area contributed by atoms with Crippen molar-refractivity contribution in [1.82, 2.24) is 0 Å². The van der Waals surface area contributed by atoms with Crippen molar-refractivity contribution in [2.75, 3.05) is 13.2 Å². The molecule has 0 N–H and O–H groups in total. The molecule has 0 aromatic heterocycles. The third-order valence-corrected chi connectivity index (χ3v) is 13.4. The minimum Gasteiger partial charge on any atom is -0.462 e. The third-order valence-electron chi connectivity index (χ3n) is 13.4. The second-order valence-electron chi connectivity index (χ2n) is 21.3. The zero-order chi connectivity index (χ0) is 59.2. The van der Waals surface area contributed by atoms with Crippen LogP contribution in [0.3, 0.4) is 0 Å². The van der Waals surface area contributed by atoms with E-state index in [9.17, 15) is 14.4 Å². The molecule has 0 spiro atoms. The minimum absolute atomic E-state index is 0.108. The summed E-state index contributed by atoms with van der Waals surface area (Å²) in [6.45, 7) is 6.35. The van der Waals surface area contributed by atoms with Crippen LogP contribution in [0.1, 0.15) is 271 Å². The second kappa shape index (κ2) is 68.3. The fourth-order valence-electron chi connectivity index (χ4n) is 8.54. The molecule has 0 aliphatic carbocycles. The van der Waals surface area contributed by atoms with Gasteiger partial charge in [0, 0.05) is 19.3 Å². The first-order valence-corrected chi connectivity index (χ1v) is 33.1. The Balaban J connectivity index is 4.52. The fourth-order valence-corrected chi connectivity index (χ4v) is 8.54. The lowest BCUT2D eigenvalue weighted by atomic mass is 10.1. The van der Waals surface area contributed by atoms with Crippen LogP contribution in [0.25, 0.3) is 0 Å². The van der Waals surface area contributed by atoms with Gasteiger partial charge in [-0.1, -0.05) is 268 Å². The fraction of sp³-hybridized carbons (Fsp3) is 0.592. The highest BCUT2D eigenvalue weighted by molar-refractivity contribution is 5.71. The first-order valence-electron chi connectivity index (χ1n) is 33.1. The van der Waals surface area contributed by atoms with Gasteiger partial charge in [0.2, 0.25) is 0 Å². The molecule has 0 aliphatic heterocycles. The van der Waals surface area contributed by atoms with Crippen LogP contribution in [0.5, 0.6) is 0 Å². The molecule has 0 aromatic rings. The van der Waals surface area contributed by atoms with Gasteiger partial charge in [-0.2, -0.15) is 0 Å². The molecule has 0 bridgehead atoms. The molecule has 0 rings (SSSR count). The molecule has 0 heterocycles. The Labute approximate surface area is 504 Å². The molecule has 460 valence electrons. The number of hydrogen-bond acceptors (Lipinski definition) is 6. The zero-order valence-corrected chi connectivity index (χ0v) is 52.7. The van der Waals surface area contributed by atoms with Crippen LogP contribution in [0.15, 0.2) is 170 Å². The summed E-state index contributed by atoms with van der Waals surface area (Å²) in [6.07, 6.45) is 101. The van der Waals surface area contributed by atoms with E-state index >= 15 is 0 Å². The Morgan fingerprint density at radius 1 is 0.256 bits per heavy atom. The van der Waals surface area contributed by atoms with Gasteiger partial charge >= 0.3 is 17.9 Å². The summed E-state index contributed by atoms with van der Waals surface area (Å²) in [4.78, 5) is 38.4. The van der Waals surface area contributed by atoms with Gasteiger partial charge < -0.3 is 14.2 Å². The van der Waals surface area contributed by atoms with Gasteiger partial charge in [0.1, 0.15) is 13.2 Å². The number of esters is 3. The Hall–Kier alpha value is -5.23. The normalized spacial score (nSPS) is 13.3. The third kappa shape index (κ3) is 65.6. The summed E-state index contributed by atoms with van der Waals surface area (Å²) in [5.41, 5.74) is 0.